The third kappa shape index (κ3) is 3.25. The first kappa shape index (κ1) is 20.3. The van der Waals surface area contributed by atoms with Gasteiger partial charge in [-0.3, -0.25) is 23.5 Å². The largest absolute Gasteiger partial charge is 0.453 e. The van der Waals surface area contributed by atoms with E-state index in [-0.39, 0.29) is 23.5 Å². The molecule has 31 heavy (non-hydrogen) atoms. The number of nitrogens with one attached hydrogen (secondary N) is 1. The number of imidazole rings is 1. The molecule has 10 nitrogen and oxygen atoms in total. The quantitative estimate of drug-likeness (QED) is 0.378. The molecule has 3 heterocycles. The number of nitrogens with zero attached hydrogens (tertiary/aromatic N) is 4. The molecule has 0 aliphatic rings. The zero-order valence-electron chi connectivity index (χ0n) is 17.5. The molecule has 160 valence electrons. The Balaban J connectivity index is 1.58. The van der Waals surface area contributed by atoms with E-state index in [0.717, 1.165) is 15.5 Å². The summed E-state index contributed by atoms with van der Waals surface area (Å²) in [6, 6.07) is 7.40. The predicted octanol–water partition coefficient (Wildman–Crippen LogP) is 1.04. The van der Waals surface area contributed by atoms with Crippen LogP contribution in [0.25, 0.3) is 22.1 Å². The molecule has 0 spiro atoms. The van der Waals surface area contributed by atoms with Crippen molar-refractivity contribution in [2.75, 3.05) is 0 Å². The normalized spacial score (nSPS) is 12.4. The van der Waals surface area contributed by atoms with Crippen molar-refractivity contribution >= 4 is 33.8 Å². The standard InChI is InChI=1S/C21H21N5O5/c1-11-16(13-7-5-6-8-14(13)23-11)18(28)12(2)31-15(27)9-26-10-22-19-17(26)20(29)25(4)21(30)24(19)3/h5-8,10,12,23H,9H2,1-4H3. The number of aryl methyl sites for hydroxylation is 2. The van der Waals surface area contributed by atoms with Crippen LogP contribution in [-0.2, 0) is 30.2 Å². The van der Waals surface area contributed by atoms with Crippen molar-refractivity contribution in [3.05, 3.63) is 62.7 Å². The third-order valence-corrected chi connectivity index (χ3v) is 5.33. The number of carbonyl (C=O) groups is 2. The third-order valence-electron chi connectivity index (χ3n) is 5.33. The van der Waals surface area contributed by atoms with Crippen molar-refractivity contribution in [3.63, 3.8) is 0 Å². The lowest BCUT2D eigenvalue weighted by molar-refractivity contribution is -0.146. The molecule has 0 saturated carbocycles. The average Bonchev–Trinajstić information content (AvgIpc) is 3.30. The van der Waals surface area contributed by atoms with Crippen LogP contribution in [-0.4, -0.2) is 41.5 Å². The van der Waals surface area contributed by atoms with Crippen molar-refractivity contribution in [2.45, 2.75) is 26.5 Å². The number of H-pyrrole nitrogens is 1. The van der Waals surface area contributed by atoms with Gasteiger partial charge in [-0.25, -0.2) is 9.78 Å². The van der Waals surface area contributed by atoms with Gasteiger partial charge in [0.1, 0.15) is 6.54 Å². The van der Waals surface area contributed by atoms with Crippen LogP contribution in [0.15, 0.2) is 40.2 Å². The Morgan fingerprint density at radius 2 is 1.87 bits per heavy atom. The summed E-state index contributed by atoms with van der Waals surface area (Å²) < 4.78 is 8.84. The number of ketones is 1. The number of benzene rings is 1. The van der Waals surface area contributed by atoms with E-state index >= 15 is 0 Å². The molecule has 1 unspecified atom stereocenters. The Bertz CT molecular complexity index is 1470. The number of aromatic amines is 1. The fourth-order valence-electron chi connectivity index (χ4n) is 3.74. The Morgan fingerprint density at radius 3 is 2.61 bits per heavy atom. The number of hydrogen-bond donors (Lipinski definition) is 1. The molecule has 1 N–H and O–H groups in total. The summed E-state index contributed by atoms with van der Waals surface area (Å²) in [5.74, 6) is -1.02. The van der Waals surface area contributed by atoms with Crippen LogP contribution in [0, 0.1) is 6.92 Å². The molecule has 1 atom stereocenters. The number of fused-ring (bicyclic) bond motifs is 2. The molecule has 10 heteroatoms. The van der Waals surface area contributed by atoms with Crippen molar-refractivity contribution in [1.82, 2.24) is 23.7 Å². The van der Waals surface area contributed by atoms with E-state index < -0.39 is 23.3 Å². The van der Waals surface area contributed by atoms with Gasteiger partial charge < -0.3 is 14.3 Å². The molecule has 0 radical (unpaired) electrons. The highest BCUT2D eigenvalue weighted by atomic mass is 16.5. The Labute approximate surface area is 175 Å². The maximum atomic E-state index is 13.0. The SMILES string of the molecule is Cc1[nH]c2ccccc2c1C(=O)C(C)OC(=O)Cn1cnc2c1c(=O)n(C)c(=O)n2C. The van der Waals surface area contributed by atoms with E-state index in [1.165, 1.54) is 36.5 Å². The van der Waals surface area contributed by atoms with E-state index in [2.05, 4.69) is 9.97 Å². The van der Waals surface area contributed by atoms with Crippen LogP contribution >= 0.6 is 0 Å². The van der Waals surface area contributed by atoms with E-state index in [1.807, 2.05) is 24.3 Å². The Kier molecular flexibility index (Phi) is 4.84. The lowest BCUT2D eigenvalue weighted by Gasteiger charge is -2.13. The van der Waals surface area contributed by atoms with Gasteiger partial charge in [-0.05, 0) is 19.9 Å². The minimum absolute atomic E-state index is 0.105. The number of hydrogen-bond acceptors (Lipinski definition) is 6. The molecule has 3 aromatic heterocycles. The number of ether oxygens (including phenoxy) is 1. The average molecular weight is 423 g/mol. The first-order chi connectivity index (χ1) is 14.7. The maximum Gasteiger partial charge on any atom is 0.332 e. The number of carbonyl (C=O) groups excluding carboxylic acids is 2. The summed E-state index contributed by atoms with van der Waals surface area (Å²) in [7, 11) is 2.84. The predicted molar refractivity (Wildman–Crippen MR) is 113 cm³/mol. The molecule has 0 aliphatic carbocycles. The highest BCUT2D eigenvalue weighted by Gasteiger charge is 2.25. The van der Waals surface area contributed by atoms with Crippen LogP contribution < -0.4 is 11.2 Å². The number of para-hydroxylation sites is 1. The van der Waals surface area contributed by atoms with E-state index in [9.17, 15) is 19.2 Å². The van der Waals surface area contributed by atoms with Crippen molar-refractivity contribution < 1.29 is 14.3 Å². The van der Waals surface area contributed by atoms with Crippen LogP contribution in [0.3, 0.4) is 0 Å². The summed E-state index contributed by atoms with van der Waals surface area (Å²) in [5, 5.41) is 0.762. The number of aromatic nitrogens is 5. The van der Waals surface area contributed by atoms with Crippen molar-refractivity contribution in [3.8, 4) is 0 Å². The molecule has 0 amide bonds. The first-order valence-electron chi connectivity index (χ1n) is 9.62. The summed E-state index contributed by atoms with van der Waals surface area (Å²) in [6.45, 7) is 2.98. The Morgan fingerprint density at radius 1 is 1.16 bits per heavy atom. The first-order valence-corrected chi connectivity index (χ1v) is 9.62. The lowest BCUT2D eigenvalue weighted by atomic mass is 10.0. The highest BCUT2D eigenvalue weighted by molar-refractivity contribution is 6.11. The smallest absolute Gasteiger partial charge is 0.332 e. The number of rotatable bonds is 5. The molecular weight excluding hydrogens is 402 g/mol. The second-order valence-electron chi connectivity index (χ2n) is 7.42. The topological polar surface area (TPSA) is 121 Å². The fraction of sp³-hybridized carbons (Fsp3) is 0.286. The number of esters is 1. The summed E-state index contributed by atoms with van der Waals surface area (Å²) in [5.41, 5.74) is 1.19. The van der Waals surface area contributed by atoms with Crippen LogP contribution in [0.4, 0.5) is 0 Å². The zero-order chi connectivity index (χ0) is 22.4. The van der Waals surface area contributed by atoms with Crippen LogP contribution in [0.5, 0.6) is 0 Å². The molecule has 4 aromatic rings. The number of Topliss-reactive ketones (excluding diaryl/α,β-unsaturated/α-hetero) is 1. The molecule has 0 bridgehead atoms. The highest BCUT2D eigenvalue weighted by Crippen LogP contribution is 2.24. The van der Waals surface area contributed by atoms with Gasteiger partial charge in [0.15, 0.2) is 17.3 Å². The Hall–Kier alpha value is -3.95. The molecule has 0 aliphatic heterocycles. The van der Waals surface area contributed by atoms with Gasteiger partial charge in [0.05, 0.1) is 6.33 Å². The van der Waals surface area contributed by atoms with Crippen LogP contribution in [0.1, 0.15) is 23.0 Å². The van der Waals surface area contributed by atoms with E-state index in [1.54, 1.807) is 6.92 Å². The maximum absolute atomic E-state index is 13.0. The molecule has 1 aromatic carbocycles. The monoisotopic (exact) mass is 423 g/mol. The zero-order valence-corrected chi connectivity index (χ0v) is 17.5. The minimum atomic E-state index is -1.02. The molecular formula is C21H21N5O5. The molecule has 0 saturated heterocycles. The second kappa shape index (κ2) is 7.38. The molecule has 0 fully saturated rings. The van der Waals surface area contributed by atoms with Gasteiger partial charge in [-0.2, -0.15) is 0 Å². The summed E-state index contributed by atoms with van der Waals surface area (Å²) in [6.07, 6.45) is 0.274. The van der Waals surface area contributed by atoms with Gasteiger partial charge in [-0.15, -0.1) is 0 Å². The van der Waals surface area contributed by atoms with Gasteiger partial charge in [0, 0.05) is 36.3 Å². The summed E-state index contributed by atoms with van der Waals surface area (Å²) in [4.78, 5) is 57.2. The van der Waals surface area contributed by atoms with Crippen LogP contribution in [0.2, 0.25) is 0 Å². The molecule has 4 rings (SSSR count). The minimum Gasteiger partial charge on any atom is -0.453 e. The lowest BCUT2D eigenvalue weighted by Crippen LogP contribution is -2.37. The van der Waals surface area contributed by atoms with Gasteiger partial charge >= 0.3 is 11.7 Å². The van der Waals surface area contributed by atoms with Crippen molar-refractivity contribution in [1.29, 1.82) is 0 Å². The van der Waals surface area contributed by atoms with E-state index in [0.29, 0.717) is 11.3 Å². The van der Waals surface area contributed by atoms with Gasteiger partial charge in [0.2, 0.25) is 5.78 Å². The summed E-state index contributed by atoms with van der Waals surface area (Å²) >= 11 is 0. The van der Waals surface area contributed by atoms with Crippen molar-refractivity contribution in [2.24, 2.45) is 14.1 Å². The van der Waals surface area contributed by atoms with E-state index in [4.69, 9.17) is 4.74 Å². The van der Waals surface area contributed by atoms with Gasteiger partial charge in [-0.1, -0.05) is 18.2 Å². The van der Waals surface area contributed by atoms with Gasteiger partial charge in [0.25, 0.3) is 5.56 Å². The second-order valence-corrected chi connectivity index (χ2v) is 7.42. The fourth-order valence-corrected chi connectivity index (χ4v) is 3.74.